The van der Waals surface area contributed by atoms with Gasteiger partial charge in [0, 0.05) is 16.0 Å². The fraction of sp³-hybridized carbons (Fsp3) is 0.227. The van der Waals surface area contributed by atoms with E-state index in [-0.39, 0.29) is 18.1 Å². The third-order valence-corrected chi connectivity index (χ3v) is 6.62. The van der Waals surface area contributed by atoms with Crippen LogP contribution < -0.4 is 10.1 Å². The van der Waals surface area contributed by atoms with Crippen LogP contribution in [0.4, 0.5) is 5.69 Å². The van der Waals surface area contributed by atoms with Gasteiger partial charge in [-0.3, -0.25) is 9.59 Å². The van der Waals surface area contributed by atoms with Crippen molar-refractivity contribution in [1.82, 2.24) is 4.98 Å². The van der Waals surface area contributed by atoms with Crippen molar-refractivity contribution in [2.24, 2.45) is 0 Å². The topological polar surface area (TPSA) is 68.3 Å². The summed E-state index contributed by atoms with van der Waals surface area (Å²) in [5.74, 6) is 0.687. The number of amides is 1. The van der Waals surface area contributed by atoms with E-state index in [9.17, 15) is 9.59 Å². The summed E-state index contributed by atoms with van der Waals surface area (Å²) >= 11 is 8.80. The Hall–Kier alpha value is -2.35. The highest BCUT2D eigenvalue weighted by molar-refractivity contribution is 8.01. The summed E-state index contributed by atoms with van der Waals surface area (Å²) in [6, 6.07) is 12.7. The Labute approximate surface area is 188 Å². The lowest BCUT2D eigenvalue weighted by Gasteiger charge is -2.10. The Morgan fingerprint density at radius 2 is 1.97 bits per heavy atom. The number of thioether (sulfide) groups is 1. The van der Waals surface area contributed by atoms with E-state index in [0.29, 0.717) is 33.5 Å². The number of nitrogens with one attached hydrogen (secondary N) is 1. The molecule has 0 aliphatic carbocycles. The van der Waals surface area contributed by atoms with Gasteiger partial charge in [0.15, 0.2) is 10.1 Å². The second-order valence-electron chi connectivity index (χ2n) is 6.44. The molecular weight excluding hydrogens is 440 g/mol. The van der Waals surface area contributed by atoms with E-state index < -0.39 is 0 Å². The molecule has 5 nitrogen and oxygen atoms in total. The molecule has 0 saturated heterocycles. The maximum absolute atomic E-state index is 12.4. The summed E-state index contributed by atoms with van der Waals surface area (Å²) in [7, 11) is 1.53. The molecular formula is C22H21ClN2O3S2. The molecule has 0 atom stereocenters. The number of hydrogen-bond acceptors (Lipinski definition) is 6. The monoisotopic (exact) mass is 460 g/mol. The Morgan fingerprint density at radius 3 is 2.67 bits per heavy atom. The number of benzene rings is 2. The normalized spacial score (nSPS) is 10.6. The molecule has 8 heteroatoms. The van der Waals surface area contributed by atoms with Crippen LogP contribution in [0.15, 0.2) is 52.2 Å². The van der Waals surface area contributed by atoms with Crippen molar-refractivity contribution in [2.75, 3.05) is 18.2 Å². The molecule has 1 heterocycles. The van der Waals surface area contributed by atoms with Gasteiger partial charge in [-0.25, -0.2) is 4.98 Å². The van der Waals surface area contributed by atoms with E-state index in [1.54, 1.807) is 18.2 Å². The Bertz CT molecular complexity index is 1040. The van der Waals surface area contributed by atoms with Crippen LogP contribution in [-0.4, -0.2) is 29.5 Å². The zero-order valence-corrected chi connectivity index (χ0v) is 19.0. The first-order chi connectivity index (χ1) is 14.5. The molecule has 0 aliphatic rings. The average molecular weight is 461 g/mol. The van der Waals surface area contributed by atoms with E-state index in [2.05, 4.69) is 17.2 Å². The Kier molecular flexibility index (Phi) is 7.90. The van der Waals surface area contributed by atoms with Crippen molar-refractivity contribution in [3.8, 4) is 5.75 Å². The molecule has 1 aromatic heterocycles. The third-order valence-electron chi connectivity index (χ3n) is 4.32. The number of hydrogen-bond donors (Lipinski definition) is 1. The van der Waals surface area contributed by atoms with Gasteiger partial charge in [-0.15, -0.1) is 11.3 Å². The number of ketones is 1. The predicted molar refractivity (Wildman–Crippen MR) is 123 cm³/mol. The molecule has 0 saturated carbocycles. The number of methoxy groups -OCH3 is 1. The van der Waals surface area contributed by atoms with Crippen LogP contribution in [0, 0.1) is 0 Å². The van der Waals surface area contributed by atoms with Crippen LogP contribution in [0.3, 0.4) is 0 Å². The maximum atomic E-state index is 12.4. The van der Waals surface area contributed by atoms with E-state index in [1.165, 1.54) is 35.8 Å². The molecule has 0 bridgehead atoms. The Morgan fingerprint density at radius 1 is 1.20 bits per heavy atom. The van der Waals surface area contributed by atoms with Crippen molar-refractivity contribution in [2.45, 2.75) is 24.1 Å². The van der Waals surface area contributed by atoms with Crippen LogP contribution >= 0.6 is 34.7 Å². The third kappa shape index (κ3) is 6.08. The number of rotatable bonds is 9. The summed E-state index contributed by atoms with van der Waals surface area (Å²) in [6.07, 6.45) is 1.07. The molecule has 3 rings (SSSR count). The van der Waals surface area contributed by atoms with Crippen molar-refractivity contribution in [3.05, 3.63) is 69.7 Å². The SMILES string of the molecule is CCc1ccc(C(=O)CSc2nc(CC(=O)Nc3cc(Cl)ccc3OC)cs2)cc1. The lowest BCUT2D eigenvalue weighted by atomic mass is 10.1. The molecule has 1 amide bonds. The number of carbonyl (C=O) groups is 2. The first kappa shape index (κ1) is 22.3. The van der Waals surface area contributed by atoms with Gasteiger partial charge in [0.2, 0.25) is 5.91 Å². The zero-order chi connectivity index (χ0) is 21.5. The second-order valence-corrected chi connectivity index (χ2v) is 8.95. The summed E-state index contributed by atoms with van der Waals surface area (Å²) < 4.78 is 6.00. The predicted octanol–water partition coefficient (Wildman–Crippen LogP) is 5.52. The number of aromatic nitrogens is 1. The zero-order valence-electron chi connectivity index (χ0n) is 16.6. The number of thiazole rings is 1. The van der Waals surface area contributed by atoms with Crippen LogP contribution in [-0.2, 0) is 17.6 Å². The highest BCUT2D eigenvalue weighted by Crippen LogP contribution is 2.28. The van der Waals surface area contributed by atoms with E-state index in [1.807, 2.05) is 29.6 Å². The van der Waals surface area contributed by atoms with Gasteiger partial charge in [-0.05, 0) is 30.2 Å². The van der Waals surface area contributed by atoms with Crippen molar-refractivity contribution >= 4 is 52.1 Å². The minimum absolute atomic E-state index is 0.0604. The number of nitrogens with zero attached hydrogens (tertiary/aromatic N) is 1. The minimum atomic E-state index is -0.218. The number of anilines is 1. The van der Waals surface area contributed by atoms with Gasteiger partial charge in [0.1, 0.15) is 5.75 Å². The molecule has 0 aliphatic heterocycles. The van der Waals surface area contributed by atoms with Crippen LogP contribution in [0.2, 0.25) is 5.02 Å². The summed E-state index contributed by atoms with van der Waals surface area (Å²) in [5.41, 5.74) is 3.07. The van der Waals surface area contributed by atoms with Crippen LogP contribution in [0.25, 0.3) is 0 Å². The molecule has 30 heavy (non-hydrogen) atoms. The fourth-order valence-electron chi connectivity index (χ4n) is 2.71. The molecule has 156 valence electrons. The molecule has 0 unspecified atom stereocenters. The molecule has 2 aromatic carbocycles. The molecule has 0 spiro atoms. The van der Waals surface area contributed by atoms with Gasteiger partial charge < -0.3 is 10.1 Å². The van der Waals surface area contributed by atoms with Gasteiger partial charge >= 0.3 is 0 Å². The molecule has 0 radical (unpaired) electrons. The summed E-state index contributed by atoms with van der Waals surface area (Å²) in [5, 5.41) is 5.13. The first-order valence-electron chi connectivity index (χ1n) is 9.31. The number of halogens is 1. The second kappa shape index (κ2) is 10.6. The number of ether oxygens (including phenoxy) is 1. The highest BCUT2D eigenvalue weighted by Gasteiger charge is 2.13. The number of aryl methyl sites for hydroxylation is 1. The fourth-order valence-corrected chi connectivity index (χ4v) is 4.62. The maximum Gasteiger partial charge on any atom is 0.230 e. The quantitative estimate of drug-likeness (QED) is 0.336. The number of Topliss-reactive ketones (excluding diaryl/α,β-unsaturated/α-hetero) is 1. The van der Waals surface area contributed by atoms with Crippen LogP contribution in [0.1, 0.15) is 28.5 Å². The lowest BCUT2D eigenvalue weighted by Crippen LogP contribution is -2.15. The summed E-state index contributed by atoms with van der Waals surface area (Å²) in [4.78, 5) is 29.2. The van der Waals surface area contributed by atoms with Crippen molar-refractivity contribution in [1.29, 1.82) is 0 Å². The van der Waals surface area contributed by atoms with E-state index in [0.717, 1.165) is 10.8 Å². The molecule has 3 aromatic rings. The highest BCUT2D eigenvalue weighted by atomic mass is 35.5. The van der Waals surface area contributed by atoms with Crippen LogP contribution in [0.5, 0.6) is 5.75 Å². The molecule has 0 fully saturated rings. The Balaban J connectivity index is 1.54. The van der Waals surface area contributed by atoms with Gasteiger partial charge in [0.25, 0.3) is 0 Å². The smallest absolute Gasteiger partial charge is 0.230 e. The van der Waals surface area contributed by atoms with Gasteiger partial charge in [0.05, 0.1) is 30.7 Å². The van der Waals surface area contributed by atoms with E-state index >= 15 is 0 Å². The minimum Gasteiger partial charge on any atom is -0.495 e. The van der Waals surface area contributed by atoms with E-state index in [4.69, 9.17) is 16.3 Å². The van der Waals surface area contributed by atoms with Gasteiger partial charge in [-0.1, -0.05) is 54.6 Å². The average Bonchev–Trinajstić information content (AvgIpc) is 3.19. The summed E-state index contributed by atoms with van der Waals surface area (Å²) in [6.45, 7) is 2.08. The first-order valence-corrected chi connectivity index (χ1v) is 11.6. The van der Waals surface area contributed by atoms with Gasteiger partial charge in [-0.2, -0.15) is 0 Å². The lowest BCUT2D eigenvalue weighted by molar-refractivity contribution is -0.115. The number of carbonyl (C=O) groups excluding carboxylic acids is 2. The molecule has 1 N–H and O–H groups in total. The largest absolute Gasteiger partial charge is 0.495 e. The van der Waals surface area contributed by atoms with Crippen molar-refractivity contribution in [3.63, 3.8) is 0 Å². The standard InChI is InChI=1S/C22H21ClN2O3S2/c1-3-14-4-6-15(7-5-14)19(26)13-30-22-24-17(12-29-22)11-21(27)25-18-10-16(23)8-9-20(18)28-2/h4-10,12H,3,11,13H2,1-2H3,(H,25,27). The van der Waals surface area contributed by atoms with Crippen molar-refractivity contribution < 1.29 is 14.3 Å².